The highest BCUT2D eigenvalue weighted by atomic mass is 32.2. The molecule has 0 aromatic carbocycles. The summed E-state index contributed by atoms with van der Waals surface area (Å²) < 4.78 is 39.8. The minimum Gasteiger partial charge on any atom is -0.409 e. The molecule has 1 saturated carbocycles. The molecule has 1 aliphatic rings. The van der Waals surface area contributed by atoms with Crippen molar-refractivity contribution in [2.75, 3.05) is 0 Å². The first-order valence-corrected chi connectivity index (χ1v) is 7.52. The van der Waals surface area contributed by atoms with E-state index in [0.29, 0.717) is 12.8 Å². The first-order chi connectivity index (χ1) is 9.44. The summed E-state index contributed by atoms with van der Waals surface area (Å²) in [5, 5.41) is 11.6. The minimum atomic E-state index is -3.89. The van der Waals surface area contributed by atoms with Gasteiger partial charge in [0.2, 0.25) is 10.0 Å². The summed E-state index contributed by atoms with van der Waals surface area (Å²) in [6.07, 6.45) is 3.95. The standard InChI is InChI=1S/C11H15FN4O3S/c12-7-4-8(6-14-5-7)20(18,19)16-10-3-1-2-9(10)11(13)15-17/h4-6,9-10,16-17H,1-3H2,(H2,13,15). The molecule has 0 spiro atoms. The van der Waals surface area contributed by atoms with Crippen molar-refractivity contribution in [2.45, 2.75) is 30.2 Å². The molecule has 0 radical (unpaired) electrons. The summed E-state index contributed by atoms with van der Waals surface area (Å²) in [7, 11) is -3.89. The Kier molecular flexibility index (Phi) is 4.19. The molecule has 1 aromatic rings. The Balaban J connectivity index is 2.20. The van der Waals surface area contributed by atoms with Crippen LogP contribution in [0, 0.1) is 11.7 Å². The van der Waals surface area contributed by atoms with Gasteiger partial charge in [-0.15, -0.1) is 0 Å². The highest BCUT2D eigenvalue weighted by Gasteiger charge is 2.34. The second-order valence-corrected chi connectivity index (χ2v) is 6.34. The quantitative estimate of drug-likeness (QED) is 0.322. The van der Waals surface area contributed by atoms with Gasteiger partial charge in [-0.3, -0.25) is 4.98 Å². The average Bonchev–Trinajstić information content (AvgIpc) is 2.85. The number of sulfonamides is 1. The van der Waals surface area contributed by atoms with Crippen LogP contribution >= 0.6 is 0 Å². The predicted molar refractivity (Wildman–Crippen MR) is 69.1 cm³/mol. The number of rotatable bonds is 4. The van der Waals surface area contributed by atoms with Gasteiger partial charge in [0.25, 0.3) is 0 Å². The SMILES string of the molecule is NC(=NO)C1CCCC1NS(=O)(=O)c1cncc(F)c1. The van der Waals surface area contributed by atoms with E-state index in [1.807, 2.05) is 0 Å². The van der Waals surface area contributed by atoms with Gasteiger partial charge in [-0.25, -0.2) is 17.5 Å². The number of hydrogen-bond donors (Lipinski definition) is 3. The summed E-state index contributed by atoms with van der Waals surface area (Å²) in [6, 6.07) is 0.419. The molecule has 0 aliphatic heterocycles. The molecule has 110 valence electrons. The van der Waals surface area contributed by atoms with E-state index in [-0.39, 0.29) is 16.6 Å². The average molecular weight is 302 g/mol. The molecule has 1 heterocycles. The third kappa shape index (κ3) is 3.05. The Morgan fingerprint density at radius 1 is 1.50 bits per heavy atom. The van der Waals surface area contributed by atoms with Crippen LogP contribution in [-0.2, 0) is 10.0 Å². The monoisotopic (exact) mass is 302 g/mol. The summed E-state index contributed by atoms with van der Waals surface area (Å²) in [5.41, 5.74) is 5.54. The maximum Gasteiger partial charge on any atom is 0.242 e. The fourth-order valence-corrected chi connectivity index (χ4v) is 3.62. The third-order valence-corrected chi connectivity index (χ3v) is 4.76. The van der Waals surface area contributed by atoms with Crippen LogP contribution in [0.5, 0.6) is 0 Å². The fourth-order valence-electron chi connectivity index (χ4n) is 2.34. The first-order valence-electron chi connectivity index (χ1n) is 6.04. The lowest BCUT2D eigenvalue weighted by Crippen LogP contribution is -2.42. The number of aromatic nitrogens is 1. The van der Waals surface area contributed by atoms with E-state index in [1.165, 1.54) is 0 Å². The van der Waals surface area contributed by atoms with Crippen molar-refractivity contribution in [3.8, 4) is 0 Å². The predicted octanol–water partition coefficient (Wildman–Crippen LogP) is 0.414. The maximum absolute atomic E-state index is 13.0. The molecule has 0 bridgehead atoms. The molecular weight excluding hydrogens is 287 g/mol. The minimum absolute atomic E-state index is 0.00688. The molecule has 0 saturated heterocycles. The van der Waals surface area contributed by atoms with Gasteiger partial charge in [0, 0.05) is 18.2 Å². The van der Waals surface area contributed by atoms with Gasteiger partial charge in [-0.1, -0.05) is 11.6 Å². The molecule has 1 fully saturated rings. The van der Waals surface area contributed by atoms with E-state index < -0.39 is 21.9 Å². The molecule has 4 N–H and O–H groups in total. The number of oxime groups is 1. The van der Waals surface area contributed by atoms with Gasteiger partial charge in [-0.2, -0.15) is 0 Å². The number of nitrogens with zero attached hydrogens (tertiary/aromatic N) is 2. The molecule has 7 nitrogen and oxygen atoms in total. The maximum atomic E-state index is 13.0. The van der Waals surface area contributed by atoms with E-state index in [2.05, 4.69) is 14.9 Å². The van der Waals surface area contributed by atoms with Crippen molar-refractivity contribution in [2.24, 2.45) is 16.8 Å². The van der Waals surface area contributed by atoms with E-state index >= 15 is 0 Å². The highest BCUT2D eigenvalue weighted by Crippen LogP contribution is 2.27. The van der Waals surface area contributed by atoms with Crippen LogP contribution in [0.4, 0.5) is 4.39 Å². The fraction of sp³-hybridized carbons (Fsp3) is 0.455. The Morgan fingerprint density at radius 3 is 2.90 bits per heavy atom. The van der Waals surface area contributed by atoms with Crippen molar-refractivity contribution in [3.63, 3.8) is 0 Å². The van der Waals surface area contributed by atoms with Gasteiger partial charge in [-0.05, 0) is 18.9 Å². The van der Waals surface area contributed by atoms with Crippen molar-refractivity contribution in [1.29, 1.82) is 0 Å². The molecule has 1 aliphatic carbocycles. The smallest absolute Gasteiger partial charge is 0.242 e. The lowest BCUT2D eigenvalue weighted by Gasteiger charge is -2.19. The second kappa shape index (κ2) is 5.71. The number of hydrogen-bond acceptors (Lipinski definition) is 5. The van der Waals surface area contributed by atoms with Crippen molar-refractivity contribution >= 4 is 15.9 Å². The van der Waals surface area contributed by atoms with Crippen LogP contribution in [0.15, 0.2) is 28.5 Å². The van der Waals surface area contributed by atoms with Crippen molar-refractivity contribution in [1.82, 2.24) is 9.71 Å². The van der Waals surface area contributed by atoms with Crippen molar-refractivity contribution < 1.29 is 18.0 Å². The summed E-state index contributed by atoms with van der Waals surface area (Å²) in [6.45, 7) is 0. The molecule has 1 aromatic heterocycles. The van der Waals surface area contributed by atoms with Crippen molar-refractivity contribution in [3.05, 3.63) is 24.3 Å². The van der Waals surface area contributed by atoms with Gasteiger partial charge in [0.15, 0.2) is 0 Å². The summed E-state index contributed by atoms with van der Waals surface area (Å²) in [4.78, 5) is 3.27. The molecule has 9 heteroatoms. The number of amidine groups is 1. The zero-order chi connectivity index (χ0) is 14.8. The van der Waals surface area contributed by atoms with Crippen LogP contribution in [0.1, 0.15) is 19.3 Å². The Labute approximate surface area is 115 Å². The number of halogens is 1. The van der Waals surface area contributed by atoms with Gasteiger partial charge >= 0.3 is 0 Å². The highest BCUT2D eigenvalue weighted by molar-refractivity contribution is 7.89. The zero-order valence-corrected chi connectivity index (χ0v) is 11.3. The molecule has 2 unspecified atom stereocenters. The largest absolute Gasteiger partial charge is 0.409 e. The third-order valence-electron chi connectivity index (χ3n) is 3.31. The molecular formula is C11H15FN4O3S. The molecule has 2 rings (SSSR count). The second-order valence-electron chi connectivity index (χ2n) is 4.63. The van der Waals surface area contributed by atoms with Crippen LogP contribution < -0.4 is 10.5 Å². The van der Waals surface area contributed by atoms with Gasteiger partial charge < -0.3 is 10.9 Å². The van der Waals surface area contributed by atoms with E-state index in [0.717, 1.165) is 24.9 Å². The van der Waals surface area contributed by atoms with E-state index in [4.69, 9.17) is 10.9 Å². The van der Waals surface area contributed by atoms with Crippen LogP contribution in [-0.4, -0.2) is 30.5 Å². The van der Waals surface area contributed by atoms with E-state index in [9.17, 15) is 12.8 Å². The topological polar surface area (TPSA) is 118 Å². The number of nitrogens with one attached hydrogen (secondary N) is 1. The lowest BCUT2D eigenvalue weighted by atomic mass is 10.0. The molecule has 2 atom stereocenters. The van der Waals surface area contributed by atoms with E-state index in [1.54, 1.807) is 0 Å². The summed E-state index contributed by atoms with van der Waals surface area (Å²) >= 11 is 0. The van der Waals surface area contributed by atoms with Gasteiger partial charge in [0.1, 0.15) is 16.5 Å². The number of nitrogens with two attached hydrogens (primary N) is 1. The Morgan fingerprint density at radius 2 is 2.25 bits per heavy atom. The molecule has 0 amide bonds. The van der Waals surface area contributed by atoms with Gasteiger partial charge in [0.05, 0.1) is 6.20 Å². The lowest BCUT2D eigenvalue weighted by molar-refractivity contribution is 0.312. The van der Waals surface area contributed by atoms with Crippen LogP contribution in [0.25, 0.3) is 0 Å². The number of pyridine rings is 1. The first kappa shape index (κ1) is 14.7. The molecule has 20 heavy (non-hydrogen) atoms. The summed E-state index contributed by atoms with van der Waals surface area (Å²) in [5.74, 6) is -1.10. The van der Waals surface area contributed by atoms with Crippen LogP contribution in [0.3, 0.4) is 0 Å². The Hall–Kier alpha value is -1.74. The zero-order valence-electron chi connectivity index (χ0n) is 10.5. The normalized spacial score (nSPS) is 23.9. The Bertz CT molecular complexity index is 620. The van der Waals surface area contributed by atoms with Crippen LogP contribution in [0.2, 0.25) is 0 Å².